The van der Waals surface area contributed by atoms with Crippen LogP contribution in [-0.2, 0) is 10.3 Å². The molecule has 2 unspecified atom stereocenters. The van der Waals surface area contributed by atoms with Crippen LogP contribution in [0.15, 0.2) is 41.7 Å². The number of hydrogen-bond donors (Lipinski definition) is 2. The summed E-state index contributed by atoms with van der Waals surface area (Å²) in [4.78, 5) is 8.97. The van der Waals surface area contributed by atoms with E-state index in [9.17, 15) is 5.11 Å². The summed E-state index contributed by atoms with van der Waals surface area (Å²) in [5, 5.41) is 11.0. The van der Waals surface area contributed by atoms with Crippen LogP contribution in [0.25, 0.3) is 11.1 Å². The first kappa shape index (κ1) is 17.8. The predicted octanol–water partition coefficient (Wildman–Crippen LogP) is 3.25. The number of amidine groups is 1. The van der Waals surface area contributed by atoms with Crippen molar-refractivity contribution in [2.24, 2.45) is 16.6 Å². The van der Waals surface area contributed by atoms with E-state index in [0.29, 0.717) is 24.5 Å². The number of rotatable bonds is 1. The third kappa shape index (κ3) is 2.58. The van der Waals surface area contributed by atoms with Crippen LogP contribution < -0.4 is 10.5 Å². The smallest absolute Gasteiger partial charge is 0.283 e. The number of hydrogen-bond acceptors (Lipinski definition) is 6. The SMILES string of the molecule is CC12CCC(O)C[C@H]1[C@]1(COC(N)=N1)c1cc(-c3cncc(Cl)c3)ccc1O2. The lowest BCUT2D eigenvalue weighted by Gasteiger charge is -2.53. The van der Waals surface area contributed by atoms with Crippen molar-refractivity contribution in [3.05, 3.63) is 47.2 Å². The standard InChI is InChI=1S/C21H22ClN3O3/c1-20-5-4-15(26)8-18(20)21(11-27-19(23)25-21)16-7-12(2-3-17(16)28-20)13-6-14(22)10-24-9-13/h2-3,6-7,9-10,15,18,26H,4-5,8,11H2,1H3,(H2,23,25)/t15?,18-,20?,21+/m1/s1. The summed E-state index contributed by atoms with van der Waals surface area (Å²) in [5.41, 5.74) is 7.68. The highest BCUT2D eigenvalue weighted by Crippen LogP contribution is 2.57. The Kier molecular flexibility index (Phi) is 3.87. The van der Waals surface area contributed by atoms with Gasteiger partial charge in [0.25, 0.3) is 6.02 Å². The number of fused-ring (bicyclic) bond motifs is 4. The van der Waals surface area contributed by atoms with E-state index in [1.807, 2.05) is 18.2 Å². The average molecular weight is 400 g/mol. The van der Waals surface area contributed by atoms with Gasteiger partial charge in [-0.15, -0.1) is 0 Å². The molecule has 0 bridgehead atoms. The molecular weight excluding hydrogens is 378 g/mol. The van der Waals surface area contributed by atoms with Crippen LogP contribution in [0, 0.1) is 5.92 Å². The zero-order valence-corrected chi connectivity index (χ0v) is 16.3. The molecule has 1 aliphatic carbocycles. The van der Waals surface area contributed by atoms with Crippen molar-refractivity contribution in [3.63, 3.8) is 0 Å². The molecule has 146 valence electrons. The Morgan fingerprint density at radius 3 is 2.86 bits per heavy atom. The van der Waals surface area contributed by atoms with E-state index >= 15 is 0 Å². The molecule has 0 saturated heterocycles. The highest BCUT2D eigenvalue weighted by Gasteiger charge is 2.60. The number of ether oxygens (including phenoxy) is 2. The molecule has 4 atom stereocenters. The van der Waals surface area contributed by atoms with Gasteiger partial charge in [-0.25, -0.2) is 4.99 Å². The highest BCUT2D eigenvalue weighted by molar-refractivity contribution is 6.30. The van der Waals surface area contributed by atoms with Crippen molar-refractivity contribution in [3.8, 4) is 16.9 Å². The Hall–Kier alpha value is -2.31. The minimum absolute atomic E-state index is 0.0370. The fourth-order valence-corrected chi connectivity index (χ4v) is 5.17. The van der Waals surface area contributed by atoms with E-state index in [4.69, 9.17) is 31.8 Å². The normalized spacial score (nSPS) is 33.5. The van der Waals surface area contributed by atoms with E-state index in [0.717, 1.165) is 28.9 Å². The van der Waals surface area contributed by atoms with Crippen LogP contribution in [0.2, 0.25) is 5.02 Å². The minimum Gasteiger partial charge on any atom is -0.487 e. The second-order valence-corrected chi connectivity index (χ2v) is 8.60. The topological polar surface area (TPSA) is 90.0 Å². The summed E-state index contributed by atoms with van der Waals surface area (Å²) in [5.74, 6) is 0.751. The summed E-state index contributed by atoms with van der Waals surface area (Å²) in [6.07, 6.45) is 5.08. The molecule has 2 aromatic rings. The van der Waals surface area contributed by atoms with Gasteiger partial charge in [-0.1, -0.05) is 17.7 Å². The van der Waals surface area contributed by atoms with Crippen LogP contribution in [0.1, 0.15) is 31.7 Å². The lowest BCUT2D eigenvalue weighted by Crippen LogP contribution is -2.58. The molecule has 7 heteroatoms. The molecule has 3 N–H and O–H groups in total. The van der Waals surface area contributed by atoms with Crippen LogP contribution >= 0.6 is 11.6 Å². The zero-order valence-electron chi connectivity index (χ0n) is 15.6. The van der Waals surface area contributed by atoms with Gasteiger partial charge in [-0.2, -0.15) is 0 Å². The first-order valence-electron chi connectivity index (χ1n) is 9.50. The number of halogens is 1. The molecule has 5 rings (SSSR count). The fraction of sp³-hybridized carbons (Fsp3) is 0.429. The number of benzene rings is 1. The van der Waals surface area contributed by atoms with Gasteiger partial charge in [0.05, 0.1) is 11.1 Å². The lowest BCUT2D eigenvalue weighted by molar-refractivity contribution is -0.0988. The fourth-order valence-electron chi connectivity index (χ4n) is 5.00. The van der Waals surface area contributed by atoms with Crippen LogP contribution in [-0.4, -0.2) is 34.4 Å². The van der Waals surface area contributed by atoms with Gasteiger partial charge in [0.15, 0.2) is 0 Å². The Bertz CT molecular complexity index is 981. The maximum atomic E-state index is 10.4. The van der Waals surface area contributed by atoms with Crippen LogP contribution in [0.5, 0.6) is 5.75 Å². The molecule has 3 heterocycles. The van der Waals surface area contributed by atoms with E-state index in [1.54, 1.807) is 12.4 Å². The number of aliphatic hydroxyl groups excluding tert-OH is 1. The molecule has 1 aromatic carbocycles. The summed E-state index contributed by atoms with van der Waals surface area (Å²) in [6, 6.07) is 8.11. The van der Waals surface area contributed by atoms with E-state index in [1.165, 1.54) is 0 Å². The molecule has 28 heavy (non-hydrogen) atoms. The maximum absolute atomic E-state index is 10.4. The third-order valence-electron chi connectivity index (χ3n) is 6.37. The third-order valence-corrected chi connectivity index (χ3v) is 6.58. The van der Waals surface area contributed by atoms with Crippen molar-refractivity contribution in [1.82, 2.24) is 4.98 Å². The van der Waals surface area contributed by atoms with Gasteiger partial charge in [-0.05, 0) is 49.9 Å². The molecule has 1 saturated carbocycles. The number of nitrogens with two attached hydrogens (primary N) is 1. The van der Waals surface area contributed by atoms with E-state index in [2.05, 4.69) is 18.0 Å². The van der Waals surface area contributed by atoms with Crippen molar-refractivity contribution < 1.29 is 14.6 Å². The van der Waals surface area contributed by atoms with Gasteiger partial charge < -0.3 is 20.3 Å². The highest BCUT2D eigenvalue weighted by atomic mass is 35.5. The Labute approximate surface area is 168 Å². The number of aromatic nitrogens is 1. The van der Waals surface area contributed by atoms with E-state index in [-0.39, 0.29) is 18.0 Å². The number of pyridine rings is 1. The van der Waals surface area contributed by atoms with Crippen molar-refractivity contribution in [2.75, 3.05) is 6.61 Å². The van der Waals surface area contributed by atoms with E-state index < -0.39 is 11.1 Å². The first-order valence-corrected chi connectivity index (χ1v) is 9.88. The number of aliphatic imine (C=N–C) groups is 1. The second kappa shape index (κ2) is 6.09. The first-order chi connectivity index (χ1) is 13.4. The van der Waals surface area contributed by atoms with Crippen LogP contribution in [0.3, 0.4) is 0 Å². The minimum atomic E-state index is -0.671. The second-order valence-electron chi connectivity index (χ2n) is 8.16. The molecule has 0 amide bonds. The lowest BCUT2D eigenvalue weighted by atomic mass is 9.62. The Morgan fingerprint density at radius 1 is 1.25 bits per heavy atom. The van der Waals surface area contributed by atoms with Gasteiger partial charge >= 0.3 is 0 Å². The van der Waals surface area contributed by atoms with Gasteiger partial charge in [-0.3, -0.25) is 4.98 Å². The predicted molar refractivity (Wildman–Crippen MR) is 106 cm³/mol. The molecule has 1 fully saturated rings. The summed E-state index contributed by atoms with van der Waals surface area (Å²) >= 11 is 6.13. The van der Waals surface area contributed by atoms with Gasteiger partial charge in [0.2, 0.25) is 0 Å². The maximum Gasteiger partial charge on any atom is 0.283 e. The molecule has 3 aliphatic rings. The largest absolute Gasteiger partial charge is 0.487 e. The van der Waals surface area contributed by atoms with Gasteiger partial charge in [0, 0.05) is 29.4 Å². The number of nitrogens with zero attached hydrogens (tertiary/aromatic N) is 2. The van der Waals surface area contributed by atoms with Crippen molar-refractivity contribution in [1.29, 1.82) is 0 Å². The molecule has 1 spiro atoms. The monoisotopic (exact) mass is 399 g/mol. The molecule has 6 nitrogen and oxygen atoms in total. The molecule has 1 aromatic heterocycles. The van der Waals surface area contributed by atoms with Crippen molar-refractivity contribution >= 4 is 17.6 Å². The average Bonchev–Trinajstić information content (AvgIpc) is 3.06. The summed E-state index contributed by atoms with van der Waals surface area (Å²) in [6.45, 7) is 2.45. The zero-order chi connectivity index (χ0) is 19.5. The summed E-state index contributed by atoms with van der Waals surface area (Å²) < 4.78 is 12.1. The van der Waals surface area contributed by atoms with Gasteiger partial charge in [0.1, 0.15) is 23.5 Å². The number of aliphatic hydroxyl groups is 1. The molecule has 2 aliphatic heterocycles. The van der Waals surface area contributed by atoms with Crippen molar-refractivity contribution in [2.45, 2.75) is 43.4 Å². The van der Waals surface area contributed by atoms with Crippen LogP contribution in [0.4, 0.5) is 0 Å². The molecular formula is C21H22ClN3O3. The Balaban J connectivity index is 1.69. The Morgan fingerprint density at radius 2 is 2.11 bits per heavy atom. The summed E-state index contributed by atoms with van der Waals surface area (Å²) in [7, 11) is 0. The molecule has 0 radical (unpaired) electrons. The quantitative estimate of drug-likeness (QED) is 0.768.